The first kappa shape index (κ1) is 15.7. The lowest BCUT2D eigenvalue weighted by Gasteiger charge is -2.18. The van der Waals surface area contributed by atoms with E-state index >= 15 is 0 Å². The molecule has 2 aromatic rings. The lowest BCUT2D eigenvalue weighted by atomic mass is 9.90. The third-order valence-electron chi connectivity index (χ3n) is 4.72. The molecule has 1 aliphatic heterocycles. The fourth-order valence-electron chi connectivity index (χ4n) is 3.35. The van der Waals surface area contributed by atoms with Gasteiger partial charge in [0.25, 0.3) is 5.91 Å². The molecule has 1 aromatic carbocycles. The van der Waals surface area contributed by atoms with E-state index in [9.17, 15) is 9.90 Å². The number of amides is 1. The molecule has 4 heteroatoms. The van der Waals surface area contributed by atoms with Gasteiger partial charge in [-0.3, -0.25) is 9.78 Å². The molecule has 1 saturated heterocycles. The van der Waals surface area contributed by atoms with Gasteiger partial charge in [-0.05, 0) is 43.2 Å². The average molecular weight is 310 g/mol. The molecule has 0 spiro atoms. The van der Waals surface area contributed by atoms with E-state index in [1.807, 2.05) is 49.1 Å². The Balaban J connectivity index is 1.84. The summed E-state index contributed by atoms with van der Waals surface area (Å²) in [7, 11) is 0. The van der Waals surface area contributed by atoms with E-state index < -0.39 is 0 Å². The van der Waals surface area contributed by atoms with Gasteiger partial charge in [0.15, 0.2) is 0 Å². The van der Waals surface area contributed by atoms with E-state index in [4.69, 9.17) is 0 Å². The summed E-state index contributed by atoms with van der Waals surface area (Å²) in [6.45, 7) is 5.28. The molecule has 0 saturated carbocycles. The fourth-order valence-corrected chi connectivity index (χ4v) is 3.35. The van der Waals surface area contributed by atoms with Crippen LogP contribution in [0.1, 0.15) is 33.0 Å². The van der Waals surface area contributed by atoms with Crippen LogP contribution in [0.2, 0.25) is 0 Å². The van der Waals surface area contributed by atoms with Gasteiger partial charge in [0.1, 0.15) is 0 Å². The van der Waals surface area contributed by atoms with Gasteiger partial charge < -0.3 is 10.0 Å². The molecule has 1 aliphatic rings. The summed E-state index contributed by atoms with van der Waals surface area (Å²) in [5.74, 6) is 0.296. The summed E-state index contributed by atoms with van der Waals surface area (Å²) >= 11 is 0. The van der Waals surface area contributed by atoms with Crippen LogP contribution in [0.15, 0.2) is 42.7 Å². The number of aliphatic hydroxyl groups excluding tert-OH is 1. The van der Waals surface area contributed by atoms with Crippen molar-refractivity contribution in [2.75, 3.05) is 19.7 Å². The standard InChI is InChI=1S/C19H22N2O2/c1-13-3-4-14(2)17(9-13)19(23)21-10-16(12-22)18(11-21)15-5-7-20-8-6-15/h3-9,16,18,22H,10-12H2,1-2H3/t16-,18-/m0/s1. The average Bonchev–Trinajstić information content (AvgIpc) is 3.01. The molecule has 23 heavy (non-hydrogen) atoms. The number of carbonyl (C=O) groups is 1. The molecule has 4 nitrogen and oxygen atoms in total. The van der Waals surface area contributed by atoms with E-state index in [0.717, 1.165) is 22.3 Å². The highest BCUT2D eigenvalue weighted by Gasteiger charge is 2.36. The molecular weight excluding hydrogens is 288 g/mol. The van der Waals surface area contributed by atoms with Crippen LogP contribution in [0.3, 0.4) is 0 Å². The molecule has 120 valence electrons. The first-order chi connectivity index (χ1) is 11.1. The number of nitrogens with zero attached hydrogens (tertiary/aromatic N) is 2. The van der Waals surface area contributed by atoms with Gasteiger partial charge in [-0.2, -0.15) is 0 Å². The van der Waals surface area contributed by atoms with Crippen molar-refractivity contribution in [2.45, 2.75) is 19.8 Å². The highest BCUT2D eigenvalue weighted by atomic mass is 16.3. The molecule has 0 aliphatic carbocycles. The molecule has 1 fully saturated rings. The van der Waals surface area contributed by atoms with Gasteiger partial charge in [-0.15, -0.1) is 0 Å². The molecule has 2 heterocycles. The predicted octanol–water partition coefficient (Wildman–Crippen LogP) is 2.55. The second-order valence-electron chi connectivity index (χ2n) is 6.36. The van der Waals surface area contributed by atoms with E-state index in [2.05, 4.69) is 4.98 Å². The maximum atomic E-state index is 12.9. The smallest absolute Gasteiger partial charge is 0.254 e. The number of hydrogen-bond acceptors (Lipinski definition) is 3. The second-order valence-corrected chi connectivity index (χ2v) is 6.36. The van der Waals surface area contributed by atoms with Crippen LogP contribution < -0.4 is 0 Å². The minimum atomic E-state index is 0.0567. The van der Waals surface area contributed by atoms with E-state index in [0.29, 0.717) is 13.1 Å². The van der Waals surface area contributed by atoms with Crippen molar-refractivity contribution in [3.8, 4) is 0 Å². The quantitative estimate of drug-likeness (QED) is 0.948. The zero-order valence-corrected chi connectivity index (χ0v) is 13.6. The van der Waals surface area contributed by atoms with Crippen molar-refractivity contribution in [1.82, 2.24) is 9.88 Å². The molecule has 0 radical (unpaired) electrons. The van der Waals surface area contributed by atoms with Crippen LogP contribution >= 0.6 is 0 Å². The molecule has 0 unspecified atom stereocenters. The second kappa shape index (κ2) is 6.50. The minimum absolute atomic E-state index is 0.0567. The summed E-state index contributed by atoms with van der Waals surface area (Å²) in [5, 5.41) is 9.71. The predicted molar refractivity (Wildman–Crippen MR) is 89.4 cm³/mol. The number of rotatable bonds is 3. The number of aliphatic hydroxyl groups is 1. The summed E-state index contributed by atoms with van der Waals surface area (Å²) in [5.41, 5.74) is 3.98. The van der Waals surface area contributed by atoms with Gasteiger partial charge in [-0.1, -0.05) is 17.7 Å². The number of hydrogen-bond donors (Lipinski definition) is 1. The summed E-state index contributed by atoms with van der Waals surface area (Å²) in [6, 6.07) is 9.90. The van der Waals surface area contributed by atoms with Crippen molar-refractivity contribution in [2.24, 2.45) is 5.92 Å². The van der Waals surface area contributed by atoms with E-state index in [-0.39, 0.29) is 24.3 Å². The van der Waals surface area contributed by atoms with Crippen LogP contribution in [0.5, 0.6) is 0 Å². The van der Waals surface area contributed by atoms with Crippen LogP contribution in [-0.4, -0.2) is 40.6 Å². The Morgan fingerprint density at radius 2 is 1.96 bits per heavy atom. The Morgan fingerprint density at radius 3 is 2.65 bits per heavy atom. The maximum absolute atomic E-state index is 12.9. The summed E-state index contributed by atoms with van der Waals surface area (Å²) < 4.78 is 0. The van der Waals surface area contributed by atoms with Gasteiger partial charge in [0.05, 0.1) is 0 Å². The molecule has 1 amide bonds. The zero-order chi connectivity index (χ0) is 16.4. The van der Waals surface area contributed by atoms with Crippen molar-refractivity contribution in [3.63, 3.8) is 0 Å². The Hall–Kier alpha value is -2.20. The van der Waals surface area contributed by atoms with Gasteiger partial charge >= 0.3 is 0 Å². The molecule has 2 atom stereocenters. The zero-order valence-electron chi connectivity index (χ0n) is 13.6. The third kappa shape index (κ3) is 3.13. The number of likely N-dealkylation sites (tertiary alicyclic amines) is 1. The topological polar surface area (TPSA) is 53.4 Å². The third-order valence-corrected chi connectivity index (χ3v) is 4.72. The number of aromatic nitrogens is 1. The first-order valence-corrected chi connectivity index (χ1v) is 7.97. The molecule has 1 aromatic heterocycles. The first-order valence-electron chi connectivity index (χ1n) is 7.97. The molecule has 1 N–H and O–H groups in total. The van der Waals surface area contributed by atoms with Crippen molar-refractivity contribution in [1.29, 1.82) is 0 Å². The molecule has 0 bridgehead atoms. The van der Waals surface area contributed by atoms with Gasteiger partial charge in [-0.25, -0.2) is 0 Å². The molecule has 3 rings (SSSR count). The minimum Gasteiger partial charge on any atom is -0.396 e. The number of aryl methyl sites for hydroxylation is 2. The van der Waals surface area contributed by atoms with Crippen molar-refractivity contribution < 1.29 is 9.90 Å². The monoisotopic (exact) mass is 310 g/mol. The SMILES string of the molecule is Cc1ccc(C)c(C(=O)N2C[C@@H](CO)[C@H](c3ccncc3)C2)c1. The van der Waals surface area contributed by atoms with Crippen molar-refractivity contribution >= 4 is 5.91 Å². The summed E-state index contributed by atoms with van der Waals surface area (Å²) in [4.78, 5) is 18.8. The highest BCUT2D eigenvalue weighted by Crippen LogP contribution is 2.33. The normalized spacial score (nSPS) is 20.7. The van der Waals surface area contributed by atoms with Crippen LogP contribution in [0.25, 0.3) is 0 Å². The van der Waals surface area contributed by atoms with Crippen LogP contribution in [-0.2, 0) is 0 Å². The van der Waals surface area contributed by atoms with Crippen molar-refractivity contribution in [3.05, 3.63) is 65.0 Å². The Bertz CT molecular complexity index is 700. The van der Waals surface area contributed by atoms with Gasteiger partial charge in [0.2, 0.25) is 0 Å². The van der Waals surface area contributed by atoms with E-state index in [1.54, 1.807) is 12.4 Å². The lowest BCUT2D eigenvalue weighted by molar-refractivity contribution is 0.0780. The Kier molecular flexibility index (Phi) is 4.44. The van der Waals surface area contributed by atoms with E-state index in [1.165, 1.54) is 0 Å². The lowest BCUT2D eigenvalue weighted by Crippen LogP contribution is -2.29. The number of carbonyl (C=O) groups excluding carboxylic acids is 1. The van der Waals surface area contributed by atoms with Crippen LogP contribution in [0.4, 0.5) is 0 Å². The van der Waals surface area contributed by atoms with Gasteiger partial charge in [0, 0.05) is 49.5 Å². The molecular formula is C19H22N2O2. The number of benzene rings is 1. The largest absolute Gasteiger partial charge is 0.396 e. The fraction of sp³-hybridized carbons (Fsp3) is 0.368. The highest BCUT2D eigenvalue weighted by molar-refractivity contribution is 5.96. The maximum Gasteiger partial charge on any atom is 0.254 e. The Labute approximate surface area is 136 Å². The number of pyridine rings is 1. The Morgan fingerprint density at radius 1 is 1.22 bits per heavy atom. The van der Waals surface area contributed by atoms with Crippen LogP contribution in [0, 0.1) is 19.8 Å². The summed E-state index contributed by atoms with van der Waals surface area (Å²) in [6.07, 6.45) is 3.53.